The van der Waals surface area contributed by atoms with E-state index in [4.69, 9.17) is 5.14 Å². The number of hydrogen-bond donors (Lipinski definition) is 1. The van der Waals surface area contributed by atoms with Crippen molar-refractivity contribution < 1.29 is 18.0 Å². The number of carbonyl (C=O) groups excluding carboxylic acids is 2. The molecule has 1 atom stereocenters. The van der Waals surface area contributed by atoms with Gasteiger partial charge in [0.1, 0.15) is 6.04 Å². The van der Waals surface area contributed by atoms with Gasteiger partial charge in [0.05, 0.1) is 4.90 Å². The van der Waals surface area contributed by atoms with Crippen LogP contribution in [0.1, 0.15) is 31.1 Å². The lowest BCUT2D eigenvalue weighted by molar-refractivity contribution is -0.140. The van der Waals surface area contributed by atoms with Crippen LogP contribution in [0, 0.1) is 5.92 Å². The summed E-state index contributed by atoms with van der Waals surface area (Å²) in [7, 11) is -3.79. The molecule has 0 bridgehead atoms. The Morgan fingerprint density at radius 1 is 1.25 bits per heavy atom. The van der Waals surface area contributed by atoms with Gasteiger partial charge in [-0.05, 0) is 37.1 Å². The molecule has 1 aliphatic rings. The quantitative estimate of drug-likeness (QED) is 0.859. The number of benzene rings is 1. The first-order valence-corrected chi connectivity index (χ1v) is 9.38. The van der Waals surface area contributed by atoms with E-state index in [2.05, 4.69) is 0 Å². The van der Waals surface area contributed by atoms with E-state index >= 15 is 0 Å². The van der Waals surface area contributed by atoms with E-state index in [1.165, 1.54) is 29.2 Å². The summed E-state index contributed by atoms with van der Waals surface area (Å²) in [6.45, 7) is 7.43. The summed E-state index contributed by atoms with van der Waals surface area (Å²) in [4.78, 5) is 28.3. The molecular formula is C16H23N3O4S. The number of rotatable bonds is 4. The average molecular weight is 353 g/mol. The Morgan fingerprint density at radius 3 is 2.33 bits per heavy atom. The van der Waals surface area contributed by atoms with Crippen molar-refractivity contribution in [1.29, 1.82) is 0 Å². The van der Waals surface area contributed by atoms with E-state index in [0.29, 0.717) is 31.1 Å². The second-order valence-corrected chi connectivity index (χ2v) is 7.98. The van der Waals surface area contributed by atoms with Crippen molar-refractivity contribution in [2.75, 3.05) is 19.6 Å². The number of piperazine rings is 1. The zero-order valence-corrected chi connectivity index (χ0v) is 14.9. The van der Waals surface area contributed by atoms with Crippen LogP contribution in [-0.2, 0) is 14.8 Å². The largest absolute Gasteiger partial charge is 0.339 e. The summed E-state index contributed by atoms with van der Waals surface area (Å²) in [6, 6.07) is 4.89. The van der Waals surface area contributed by atoms with Gasteiger partial charge in [-0.1, -0.05) is 13.8 Å². The van der Waals surface area contributed by atoms with E-state index in [9.17, 15) is 18.0 Å². The molecule has 1 aliphatic heterocycles. The maximum absolute atomic E-state index is 12.6. The lowest BCUT2D eigenvalue weighted by Crippen LogP contribution is -2.58. The number of nitrogens with two attached hydrogens (primary N) is 1. The fourth-order valence-corrected chi connectivity index (χ4v) is 3.30. The maximum atomic E-state index is 12.6. The van der Waals surface area contributed by atoms with Crippen molar-refractivity contribution in [3.63, 3.8) is 0 Å². The molecule has 0 spiro atoms. The summed E-state index contributed by atoms with van der Waals surface area (Å²) >= 11 is 0. The molecule has 1 aromatic rings. The Balaban J connectivity index is 2.14. The van der Waals surface area contributed by atoms with Crippen LogP contribution in [0.3, 0.4) is 0 Å². The molecule has 132 valence electrons. The van der Waals surface area contributed by atoms with Crippen molar-refractivity contribution in [2.45, 2.75) is 31.7 Å². The Bertz CT molecular complexity index is 728. The molecule has 1 fully saturated rings. The number of carbonyl (C=O) groups is 2. The van der Waals surface area contributed by atoms with Crippen molar-refractivity contribution in [3.8, 4) is 0 Å². The third-order valence-electron chi connectivity index (χ3n) is 4.02. The minimum absolute atomic E-state index is 0.0510. The molecule has 7 nitrogen and oxygen atoms in total. The number of nitrogens with zero attached hydrogens (tertiary/aromatic N) is 2. The van der Waals surface area contributed by atoms with E-state index in [-0.39, 0.29) is 16.7 Å². The van der Waals surface area contributed by atoms with Gasteiger partial charge >= 0.3 is 0 Å². The highest BCUT2D eigenvalue weighted by Crippen LogP contribution is 2.17. The molecular weight excluding hydrogens is 330 g/mol. The molecule has 2 rings (SSSR count). The summed E-state index contributed by atoms with van der Waals surface area (Å²) in [5.74, 6) is 0.0135. The molecule has 24 heavy (non-hydrogen) atoms. The van der Waals surface area contributed by atoms with E-state index < -0.39 is 16.1 Å². The average Bonchev–Trinajstić information content (AvgIpc) is 2.50. The first-order valence-electron chi connectivity index (χ1n) is 7.84. The fourth-order valence-electron chi connectivity index (χ4n) is 2.78. The highest BCUT2D eigenvalue weighted by Gasteiger charge is 2.34. The van der Waals surface area contributed by atoms with Crippen LogP contribution in [0.2, 0.25) is 0 Å². The topological polar surface area (TPSA) is 101 Å². The number of sulfonamides is 1. The molecule has 0 aliphatic carbocycles. The van der Waals surface area contributed by atoms with Gasteiger partial charge in [0.25, 0.3) is 5.91 Å². The van der Waals surface area contributed by atoms with Crippen molar-refractivity contribution in [1.82, 2.24) is 9.80 Å². The Kier molecular flexibility index (Phi) is 5.29. The van der Waals surface area contributed by atoms with Crippen molar-refractivity contribution in [3.05, 3.63) is 29.8 Å². The predicted molar refractivity (Wildman–Crippen MR) is 89.7 cm³/mol. The van der Waals surface area contributed by atoms with Crippen molar-refractivity contribution >= 4 is 21.8 Å². The summed E-state index contributed by atoms with van der Waals surface area (Å²) in [5, 5.41) is 5.05. The number of hydrogen-bond acceptors (Lipinski definition) is 4. The predicted octanol–water partition coefficient (Wildman–Crippen LogP) is 0.663. The molecule has 0 aromatic heterocycles. The Morgan fingerprint density at radius 2 is 1.83 bits per heavy atom. The van der Waals surface area contributed by atoms with Gasteiger partial charge in [0, 0.05) is 25.2 Å². The summed E-state index contributed by atoms with van der Waals surface area (Å²) < 4.78 is 22.5. The maximum Gasteiger partial charge on any atom is 0.254 e. The summed E-state index contributed by atoms with van der Waals surface area (Å²) in [6.07, 6.45) is 0. The number of primary sulfonamides is 1. The SMILES string of the molecule is CC(C)CN1CCN(C(=O)c2ccc(S(N)(=O)=O)cc2)C(C)C1=O. The van der Waals surface area contributed by atoms with Gasteiger partial charge < -0.3 is 9.80 Å². The molecule has 1 unspecified atom stereocenters. The van der Waals surface area contributed by atoms with Gasteiger partial charge in [-0.25, -0.2) is 13.6 Å². The fraction of sp³-hybridized carbons (Fsp3) is 0.500. The zero-order valence-electron chi connectivity index (χ0n) is 14.1. The van der Waals surface area contributed by atoms with Crippen LogP contribution in [0.4, 0.5) is 0 Å². The summed E-state index contributed by atoms with van der Waals surface area (Å²) in [5.41, 5.74) is 0.333. The van der Waals surface area contributed by atoms with Crippen LogP contribution < -0.4 is 5.14 Å². The van der Waals surface area contributed by atoms with E-state index in [0.717, 1.165) is 0 Å². The lowest BCUT2D eigenvalue weighted by atomic mass is 10.1. The van der Waals surface area contributed by atoms with Gasteiger partial charge in [-0.2, -0.15) is 0 Å². The Labute approximate surface area is 142 Å². The second-order valence-electron chi connectivity index (χ2n) is 6.42. The third kappa shape index (κ3) is 3.93. The standard InChI is InChI=1S/C16H23N3O4S/c1-11(2)10-18-8-9-19(12(3)15(18)20)16(21)13-4-6-14(7-5-13)24(17,22)23/h4-7,11-12H,8-10H2,1-3H3,(H2,17,22,23). The van der Waals surface area contributed by atoms with E-state index in [1.807, 2.05) is 13.8 Å². The molecule has 8 heteroatoms. The van der Waals surface area contributed by atoms with Crippen LogP contribution >= 0.6 is 0 Å². The molecule has 1 aromatic carbocycles. The van der Waals surface area contributed by atoms with Crippen LogP contribution in [0.25, 0.3) is 0 Å². The molecule has 0 radical (unpaired) electrons. The number of amides is 2. The molecule has 2 amide bonds. The smallest absolute Gasteiger partial charge is 0.254 e. The van der Waals surface area contributed by atoms with Crippen LogP contribution in [0.15, 0.2) is 29.2 Å². The molecule has 1 saturated heterocycles. The monoisotopic (exact) mass is 353 g/mol. The van der Waals surface area contributed by atoms with Gasteiger partial charge in [0.15, 0.2) is 0 Å². The van der Waals surface area contributed by atoms with Gasteiger partial charge in [-0.15, -0.1) is 0 Å². The molecule has 0 saturated carbocycles. The van der Waals surface area contributed by atoms with Gasteiger partial charge in [-0.3, -0.25) is 9.59 Å². The molecule has 1 heterocycles. The lowest BCUT2D eigenvalue weighted by Gasteiger charge is -2.39. The Hall–Kier alpha value is -1.93. The van der Waals surface area contributed by atoms with Gasteiger partial charge in [0.2, 0.25) is 15.9 Å². The normalized spacial score (nSPS) is 19.0. The van der Waals surface area contributed by atoms with E-state index in [1.54, 1.807) is 11.8 Å². The first kappa shape index (κ1) is 18.4. The minimum Gasteiger partial charge on any atom is -0.339 e. The minimum atomic E-state index is -3.79. The zero-order chi connectivity index (χ0) is 18.1. The third-order valence-corrected chi connectivity index (χ3v) is 4.95. The van der Waals surface area contributed by atoms with Crippen LogP contribution in [0.5, 0.6) is 0 Å². The highest BCUT2D eigenvalue weighted by molar-refractivity contribution is 7.89. The highest BCUT2D eigenvalue weighted by atomic mass is 32.2. The first-order chi connectivity index (χ1) is 11.1. The second kappa shape index (κ2) is 6.90. The van der Waals surface area contributed by atoms with Crippen LogP contribution in [-0.4, -0.2) is 55.7 Å². The molecule has 2 N–H and O–H groups in total. The van der Waals surface area contributed by atoms with Crippen molar-refractivity contribution in [2.24, 2.45) is 11.1 Å².